The first kappa shape index (κ1) is 15.0. The van der Waals surface area contributed by atoms with E-state index in [2.05, 4.69) is 5.32 Å². The van der Waals surface area contributed by atoms with Gasteiger partial charge >= 0.3 is 0 Å². The fourth-order valence-electron chi connectivity index (χ4n) is 3.65. The number of nitrogens with zero attached hydrogens (tertiary/aromatic N) is 1. The van der Waals surface area contributed by atoms with E-state index < -0.39 is 10.0 Å². The van der Waals surface area contributed by atoms with Crippen LogP contribution < -0.4 is 5.32 Å². The third-order valence-corrected chi connectivity index (χ3v) is 6.57. The van der Waals surface area contributed by atoms with Crippen molar-refractivity contribution >= 4 is 10.0 Å². The van der Waals surface area contributed by atoms with Crippen LogP contribution in [0.3, 0.4) is 0 Å². The van der Waals surface area contributed by atoms with Crippen LogP contribution in [0, 0.1) is 5.41 Å². The van der Waals surface area contributed by atoms with Gasteiger partial charge in [-0.15, -0.1) is 0 Å². The van der Waals surface area contributed by atoms with Crippen molar-refractivity contribution in [2.75, 3.05) is 26.2 Å². The summed E-state index contributed by atoms with van der Waals surface area (Å²) in [7, 11) is -3.21. The molecule has 5 heteroatoms. The lowest BCUT2D eigenvalue weighted by Gasteiger charge is -2.44. The quantitative estimate of drug-likeness (QED) is 0.929. The van der Waals surface area contributed by atoms with Crippen LogP contribution in [-0.4, -0.2) is 38.9 Å². The molecule has 1 N–H and O–H groups in total. The molecule has 3 rings (SSSR count). The van der Waals surface area contributed by atoms with Crippen molar-refractivity contribution in [2.24, 2.45) is 5.41 Å². The lowest BCUT2D eigenvalue weighted by molar-refractivity contribution is 0.110. The predicted molar refractivity (Wildman–Crippen MR) is 84.4 cm³/mol. The van der Waals surface area contributed by atoms with E-state index in [-0.39, 0.29) is 11.2 Å². The third-order valence-electron chi connectivity index (χ3n) is 4.77. The Morgan fingerprint density at radius 3 is 2.62 bits per heavy atom. The number of hydrogen-bond donors (Lipinski definition) is 1. The van der Waals surface area contributed by atoms with E-state index in [9.17, 15) is 8.42 Å². The number of nitrogens with one attached hydrogen (secondary N) is 1. The van der Waals surface area contributed by atoms with E-state index in [0.29, 0.717) is 13.1 Å². The molecule has 1 aromatic carbocycles. The molecular weight excluding hydrogens is 284 g/mol. The molecule has 1 atom stereocenters. The highest BCUT2D eigenvalue weighted by atomic mass is 32.2. The van der Waals surface area contributed by atoms with Crippen LogP contribution in [0.1, 0.15) is 31.2 Å². The first-order chi connectivity index (χ1) is 10.1. The Morgan fingerprint density at radius 1 is 1.14 bits per heavy atom. The molecule has 0 aliphatic carbocycles. The average Bonchev–Trinajstić information content (AvgIpc) is 2.49. The van der Waals surface area contributed by atoms with E-state index in [0.717, 1.165) is 44.3 Å². The number of rotatable bonds is 3. The Hall–Kier alpha value is -0.910. The molecule has 0 amide bonds. The number of sulfonamides is 1. The summed E-state index contributed by atoms with van der Waals surface area (Å²) >= 11 is 0. The summed E-state index contributed by atoms with van der Waals surface area (Å²) in [6.07, 6.45) is 4.44. The molecule has 21 heavy (non-hydrogen) atoms. The van der Waals surface area contributed by atoms with Gasteiger partial charge in [0.05, 0.1) is 5.75 Å². The molecule has 2 aliphatic rings. The van der Waals surface area contributed by atoms with Gasteiger partial charge in [0.2, 0.25) is 10.0 Å². The molecule has 4 nitrogen and oxygen atoms in total. The number of hydrogen-bond acceptors (Lipinski definition) is 3. The average molecular weight is 308 g/mol. The largest absolute Gasteiger partial charge is 0.316 e. The minimum Gasteiger partial charge on any atom is -0.316 e. The second-order valence-electron chi connectivity index (χ2n) is 6.46. The number of piperidine rings is 2. The van der Waals surface area contributed by atoms with E-state index in [1.807, 2.05) is 30.3 Å². The van der Waals surface area contributed by atoms with Gasteiger partial charge in [-0.3, -0.25) is 0 Å². The molecular formula is C16H24N2O2S. The standard InChI is InChI=1S/C16H24N2O2S/c19-21(20,12-15-6-2-1-3-7-15)18-11-5-9-16(14-18)8-4-10-17-13-16/h1-3,6-7,17H,4-5,8-14H2. The molecule has 2 aliphatic heterocycles. The van der Waals surface area contributed by atoms with Crippen molar-refractivity contribution in [2.45, 2.75) is 31.4 Å². The minimum atomic E-state index is -3.21. The van der Waals surface area contributed by atoms with Gasteiger partial charge in [-0.1, -0.05) is 30.3 Å². The topological polar surface area (TPSA) is 49.4 Å². The Morgan fingerprint density at radius 2 is 1.90 bits per heavy atom. The molecule has 1 aromatic rings. The zero-order valence-electron chi connectivity index (χ0n) is 12.4. The van der Waals surface area contributed by atoms with Gasteiger partial charge in [0, 0.05) is 19.6 Å². The summed E-state index contributed by atoms with van der Waals surface area (Å²) in [5.74, 6) is 0.122. The van der Waals surface area contributed by atoms with Crippen LogP contribution >= 0.6 is 0 Å². The van der Waals surface area contributed by atoms with Crippen LogP contribution in [0.15, 0.2) is 30.3 Å². The summed E-state index contributed by atoms with van der Waals surface area (Å²) < 4.78 is 27.1. The number of benzene rings is 1. The highest BCUT2D eigenvalue weighted by Crippen LogP contribution is 2.37. The fraction of sp³-hybridized carbons (Fsp3) is 0.625. The molecule has 0 radical (unpaired) electrons. The Balaban J connectivity index is 1.73. The highest BCUT2D eigenvalue weighted by molar-refractivity contribution is 7.88. The minimum absolute atomic E-state index is 0.122. The first-order valence-electron chi connectivity index (χ1n) is 7.82. The maximum Gasteiger partial charge on any atom is 0.218 e. The SMILES string of the molecule is O=S(=O)(Cc1ccccc1)N1CCCC2(CCCNC2)C1. The van der Waals surface area contributed by atoms with Crippen molar-refractivity contribution in [3.8, 4) is 0 Å². The molecule has 2 heterocycles. The summed E-state index contributed by atoms with van der Waals surface area (Å²) in [5.41, 5.74) is 1.04. The molecule has 0 bridgehead atoms. The normalized spacial score (nSPS) is 27.8. The molecule has 0 aromatic heterocycles. The highest BCUT2D eigenvalue weighted by Gasteiger charge is 2.40. The summed E-state index contributed by atoms with van der Waals surface area (Å²) in [4.78, 5) is 0. The van der Waals surface area contributed by atoms with Crippen molar-refractivity contribution < 1.29 is 8.42 Å². The zero-order valence-corrected chi connectivity index (χ0v) is 13.2. The zero-order chi connectivity index (χ0) is 14.8. The van der Waals surface area contributed by atoms with Crippen LogP contribution in [-0.2, 0) is 15.8 Å². The van der Waals surface area contributed by atoms with E-state index in [1.54, 1.807) is 4.31 Å². The van der Waals surface area contributed by atoms with Crippen LogP contribution in [0.2, 0.25) is 0 Å². The van der Waals surface area contributed by atoms with Crippen molar-refractivity contribution in [1.29, 1.82) is 0 Å². The van der Waals surface area contributed by atoms with Gasteiger partial charge in [-0.25, -0.2) is 12.7 Å². The van der Waals surface area contributed by atoms with Gasteiger partial charge in [0.25, 0.3) is 0 Å². The smallest absolute Gasteiger partial charge is 0.218 e. The lowest BCUT2D eigenvalue weighted by atomic mass is 9.75. The van der Waals surface area contributed by atoms with Crippen molar-refractivity contribution in [1.82, 2.24) is 9.62 Å². The molecule has 2 fully saturated rings. The predicted octanol–water partition coefficient (Wildman–Crippen LogP) is 1.98. The monoisotopic (exact) mass is 308 g/mol. The Bertz CT molecular complexity index is 560. The summed E-state index contributed by atoms with van der Waals surface area (Å²) in [5, 5.41) is 3.45. The van der Waals surface area contributed by atoms with Gasteiger partial charge in [-0.2, -0.15) is 0 Å². The Kier molecular flexibility index (Phi) is 4.33. The molecule has 116 valence electrons. The third kappa shape index (κ3) is 3.47. The fourth-order valence-corrected chi connectivity index (χ4v) is 5.33. The van der Waals surface area contributed by atoms with E-state index in [4.69, 9.17) is 0 Å². The second kappa shape index (κ2) is 6.07. The van der Waals surface area contributed by atoms with E-state index in [1.165, 1.54) is 0 Å². The summed E-state index contributed by atoms with van der Waals surface area (Å²) in [6.45, 7) is 3.40. The van der Waals surface area contributed by atoms with Crippen molar-refractivity contribution in [3.05, 3.63) is 35.9 Å². The summed E-state index contributed by atoms with van der Waals surface area (Å²) in [6, 6.07) is 9.49. The maximum absolute atomic E-state index is 12.7. The van der Waals surface area contributed by atoms with Crippen LogP contribution in [0.5, 0.6) is 0 Å². The van der Waals surface area contributed by atoms with Gasteiger partial charge in [0.15, 0.2) is 0 Å². The van der Waals surface area contributed by atoms with Crippen LogP contribution in [0.25, 0.3) is 0 Å². The van der Waals surface area contributed by atoms with Crippen LogP contribution in [0.4, 0.5) is 0 Å². The molecule has 1 spiro atoms. The van der Waals surface area contributed by atoms with Crippen molar-refractivity contribution in [3.63, 3.8) is 0 Å². The van der Waals surface area contributed by atoms with Gasteiger partial charge in [-0.05, 0) is 43.2 Å². The second-order valence-corrected chi connectivity index (χ2v) is 8.43. The van der Waals surface area contributed by atoms with E-state index >= 15 is 0 Å². The van der Waals surface area contributed by atoms with Gasteiger partial charge in [0.1, 0.15) is 0 Å². The Labute approximate surface area is 127 Å². The maximum atomic E-state index is 12.7. The lowest BCUT2D eigenvalue weighted by Crippen LogP contribution is -2.52. The molecule has 1 unspecified atom stereocenters. The molecule has 0 saturated carbocycles. The van der Waals surface area contributed by atoms with Gasteiger partial charge < -0.3 is 5.32 Å². The molecule has 2 saturated heterocycles. The first-order valence-corrected chi connectivity index (χ1v) is 9.43.